The van der Waals surface area contributed by atoms with Crippen LogP contribution >= 0.6 is 11.6 Å². The zero-order chi connectivity index (χ0) is 18.7. The van der Waals surface area contributed by atoms with Gasteiger partial charge in [0.2, 0.25) is 0 Å². The second-order valence-electron chi connectivity index (χ2n) is 5.31. The van der Waals surface area contributed by atoms with Crippen molar-refractivity contribution in [3.63, 3.8) is 0 Å². The summed E-state index contributed by atoms with van der Waals surface area (Å²) in [5, 5.41) is 0.508. The van der Waals surface area contributed by atoms with Crippen LogP contribution in [0, 0.1) is 0 Å². The van der Waals surface area contributed by atoms with E-state index < -0.39 is 17.8 Å². The fourth-order valence-corrected chi connectivity index (χ4v) is 2.62. The summed E-state index contributed by atoms with van der Waals surface area (Å²) >= 11 is 6.08. The monoisotopic (exact) mass is 375 g/mol. The minimum atomic E-state index is -0.923. The van der Waals surface area contributed by atoms with Gasteiger partial charge in [0.25, 0.3) is 11.8 Å². The highest BCUT2D eigenvalue weighted by molar-refractivity contribution is 6.33. The topological polar surface area (TPSA) is 82.1 Å². The maximum atomic E-state index is 12.3. The van der Waals surface area contributed by atoms with Gasteiger partial charge in [0.1, 0.15) is 12.4 Å². The van der Waals surface area contributed by atoms with E-state index in [1.807, 2.05) is 0 Å². The van der Waals surface area contributed by atoms with E-state index in [0.717, 1.165) is 0 Å². The Bertz CT molecular complexity index is 847. The standard InChI is InChI=1S/C18H14ClNO6/c1-24-8-9-25-11-6-7-14(15(19)10-11)18(23)26-20-16(21)12-4-2-3-5-13(12)17(20)22/h2-7,10H,8-9H2,1H3. The van der Waals surface area contributed by atoms with E-state index >= 15 is 0 Å². The van der Waals surface area contributed by atoms with Gasteiger partial charge < -0.3 is 14.3 Å². The Morgan fingerprint density at radius 3 is 2.27 bits per heavy atom. The third-order valence-electron chi connectivity index (χ3n) is 3.65. The first-order chi connectivity index (χ1) is 12.5. The highest BCUT2D eigenvalue weighted by Crippen LogP contribution is 2.26. The number of nitrogens with zero attached hydrogens (tertiary/aromatic N) is 1. The molecular weight excluding hydrogens is 362 g/mol. The first-order valence-corrected chi connectivity index (χ1v) is 8.02. The molecule has 0 bridgehead atoms. The SMILES string of the molecule is COCCOc1ccc(C(=O)ON2C(=O)c3ccccc3C2=O)c(Cl)c1. The number of benzene rings is 2. The minimum absolute atomic E-state index is 0.00214. The number of rotatable bonds is 6. The third kappa shape index (κ3) is 3.40. The Morgan fingerprint density at radius 2 is 1.69 bits per heavy atom. The van der Waals surface area contributed by atoms with E-state index in [0.29, 0.717) is 24.0 Å². The maximum absolute atomic E-state index is 12.3. The number of hydroxylamine groups is 2. The number of ether oxygens (including phenoxy) is 2. The number of amides is 2. The van der Waals surface area contributed by atoms with Gasteiger partial charge >= 0.3 is 5.97 Å². The first-order valence-electron chi connectivity index (χ1n) is 7.64. The van der Waals surface area contributed by atoms with Crippen LogP contribution in [-0.2, 0) is 9.57 Å². The lowest BCUT2D eigenvalue weighted by molar-refractivity contribution is -0.0584. The molecule has 0 saturated heterocycles. The highest BCUT2D eigenvalue weighted by Gasteiger charge is 2.39. The Hall–Kier alpha value is -2.90. The number of hydrogen-bond acceptors (Lipinski definition) is 6. The van der Waals surface area contributed by atoms with Gasteiger partial charge in [-0.3, -0.25) is 9.59 Å². The van der Waals surface area contributed by atoms with E-state index in [2.05, 4.69) is 0 Å². The molecule has 0 radical (unpaired) electrons. The molecule has 0 spiro atoms. The molecule has 0 fully saturated rings. The van der Waals surface area contributed by atoms with Gasteiger partial charge in [-0.1, -0.05) is 28.8 Å². The normalized spacial score (nSPS) is 12.9. The lowest BCUT2D eigenvalue weighted by Crippen LogP contribution is -2.32. The van der Waals surface area contributed by atoms with E-state index in [9.17, 15) is 14.4 Å². The molecule has 1 heterocycles. The molecule has 7 nitrogen and oxygen atoms in total. The van der Waals surface area contributed by atoms with Gasteiger partial charge in [0.15, 0.2) is 0 Å². The number of carbonyl (C=O) groups is 3. The van der Waals surface area contributed by atoms with Crippen LogP contribution in [-0.4, -0.2) is 43.2 Å². The molecule has 0 N–H and O–H groups in total. The molecule has 1 aliphatic heterocycles. The molecule has 3 rings (SSSR count). The number of fused-ring (bicyclic) bond motifs is 1. The van der Waals surface area contributed by atoms with Gasteiger partial charge in [-0.25, -0.2) is 4.79 Å². The smallest absolute Gasteiger partial charge is 0.365 e. The van der Waals surface area contributed by atoms with Crippen LogP contribution in [0.25, 0.3) is 0 Å². The highest BCUT2D eigenvalue weighted by atomic mass is 35.5. The van der Waals surface area contributed by atoms with Crippen molar-refractivity contribution in [1.82, 2.24) is 5.06 Å². The van der Waals surface area contributed by atoms with Crippen molar-refractivity contribution in [2.75, 3.05) is 20.3 Å². The molecule has 0 unspecified atom stereocenters. The Balaban J connectivity index is 1.73. The second kappa shape index (κ2) is 7.55. The molecule has 26 heavy (non-hydrogen) atoms. The van der Waals surface area contributed by atoms with Crippen molar-refractivity contribution >= 4 is 29.4 Å². The summed E-state index contributed by atoms with van der Waals surface area (Å²) < 4.78 is 10.3. The summed E-state index contributed by atoms with van der Waals surface area (Å²) in [6, 6.07) is 10.6. The van der Waals surface area contributed by atoms with Crippen molar-refractivity contribution < 1.29 is 28.7 Å². The van der Waals surface area contributed by atoms with Crippen LogP contribution < -0.4 is 4.74 Å². The number of halogens is 1. The van der Waals surface area contributed by atoms with Crippen molar-refractivity contribution in [3.8, 4) is 5.75 Å². The zero-order valence-electron chi connectivity index (χ0n) is 13.7. The summed E-state index contributed by atoms with van der Waals surface area (Å²) in [6.45, 7) is 0.729. The molecule has 2 amide bonds. The molecular formula is C18H14ClNO6. The molecule has 0 saturated carbocycles. The van der Waals surface area contributed by atoms with E-state index in [-0.39, 0.29) is 21.7 Å². The Kier molecular flexibility index (Phi) is 5.20. The first kappa shape index (κ1) is 17.9. The predicted octanol–water partition coefficient (Wildman–Crippen LogP) is 2.73. The van der Waals surface area contributed by atoms with E-state index in [1.165, 1.54) is 30.3 Å². The van der Waals surface area contributed by atoms with E-state index in [1.54, 1.807) is 19.2 Å². The molecule has 134 valence electrons. The molecule has 2 aromatic carbocycles. The number of methoxy groups -OCH3 is 1. The summed E-state index contributed by atoms with van der Waals surface area (Å²) in [6.07, 6.45) is 0. The van der Waals surface area contributed by atoms with Crippen molar-refractivity contribution in [2.45, 2.75) is 0 Å². The number of carbonyl (C=O) groups excluding carboxylic acids is 3. The Labute approximate surface area is 154 Å². The number of hydrogen-bond donors (Lipinski definition) is 0. The summed E-state index contributed by atoms with van der Waals surface area (Å²) in [5.41, 5.74) is 0.360. The molecule has 0 aromatic heterocycles. The second-order valence-corrected chi connectivity index (χ2v) is 5.72. The summed E-state index contributed by atoms with van der Waals surface area (Å²) in [5.74, 6) is -1.87. The van der Waals surface area contributed by atoms with Gasteiger partial charge in [-0.15, -0.1) is 0 Å². The van der Waals surface area contributed by atoms with Crippen LogP contribution in [0.1, 0.15) is 31.1 Å². The number of imide groups is 1. The van der Waals surface area contributed by atoms with Crippen LogP contribution in [0.4, 0.5) is 0 Å². The van der Waals surface area contributed by atoms with Crippen molar-refractivity contribution in [1.29, 1.82) is 0 Å². The molecule has 0 aliphatic carbocycles. The lowest BCUT2D eigenvalue weighted by atomic mass is 10.1. The van der Waals surface area contributed by atoms with E-state index in [4.69, 9.17) is 25.9 Å². The van der Waals surface area contributed by atoms with Gasteiger partial charge in [-0.05, 0) is 30.3 Å². The maximum Gasteiger partial charge on any atom is 0.365 e. The molecule has 2 aromatic rings. The van der Waals surface area contributed by atoms with Crippen LogP contribution in [0.3, 0.4) is 0 Å². The zero-order valence-corrected chi connectivity index (χ0v) is 14.5. The molecule has 1 aliphatic rings. The summed E-state index contributed by atoms with van der Waals surface area (Å²) in [7, 11) is 1.55. The minimum Gasteiger partial charge on any atom is -0.491 e. The average Bonchev–Trinajstić information content (AvgIpc) is 2.87. The van der Waals surface area contributed by atoms with Gasteiger partial charge in [0, 0.05) is 7.11 Å². The molecule has 0 atom stereocenters. The van der Waals surface area contributed by atoms with Gasteiger partial charge in [0.05, 0.1) is 28.3 Å². The average molecular weight is 376 g/mol. The predicted molar refractivity (Wildman–Crippen MR) is 91.2 cm³/mol. The Morgan fingerprint density at radius 1 is 1.04 bits per heavy atom. The van der Waals surface area contributed by atoms with Gasteiger partial charge in [-0.2, -0.15) is 0 Å². The molecule has 8 heteroatoms. The fourth-order valence-electron chi connectivity index (χ4n) is 2.38. The van der Waals surface area contributed by atoms with Crippen LogP contribution in [0.5, 0.6) is 5.75 Å². The largest absolute Gasteiger partial charge is 0.491 e. The quantitative estimate of drug-likeness (QED) is 0.570. The summed E-state index contributed by atoms with van der Waals surface area (Å²) in [4.78, 5) is 41.7. The van der Waals surface area contributed by atoms with Crippen LogP contribution in [0.2, 0.25) is 5.02 Å². The van der Waals surface area contributed by atoms with Crippen LogP contribution in [0.15, 0.2) is 42.5 Å². The fraction of sp³-hybridized carbons (Fsp3) is 0.167. The van der Waals surface area contributed by atoms with Crippen molar-refractivity contribution in [2.24, 2.45) is 0 Å². The third-order valence-corrected chi connectivity index (χ3v) is 3.96. The lowest BCUT2D eigenvalue weighted by Gasteiger charge is -2.14. The van der Waals surface area contributed by atoms with Crippen molar-refractivity contribution in [3.05, 3.63) is 64.2 Å².